The van der Waals surface area contributed by atoms with Gasteiger partial charge in [0.2, 0.25) is 11.8 Å². The first-order valence-corrected chi connectivity index (χ1v) is 22.3. The average molecular weight is 850 g/mol. The number of pyridine rings is 2. The van der Waals surface area contributed by atoms with Gasteiger partial charge in [0.15, 0.2) is 0 Å². The lowest BCUT2D eigenvalue weighted by molar-refractivity contribution is -0.136. The molecule has 6 aromatic rings. The van der Waals surface area contributed by atoms with E-state index in [2.05, 4.69) is 46.4 Å². The lowest BCUT2D eigenvalue weighted by Gasteiger charge is -2.38. The van der Waals surface area contributed by atoms with Crippen molar-refractivity contribution in [3.63, 3.8) is 0 Å². The Balaban J connectivity index is 0.00000528. The molecule has 0 saturated carbocycles. The Morgan fingerprint density at radius 2 is 0.983 bits per heavy atom. The zero-order valence-electron chi connectivity index (χ0n) is 32.7. The largest absolute Gasteiger partial charge is 0.331 e. The Morgan fingerprint density at radius 3 is 1.37 bits per heavy atom. The van der Waals surface area contributed by atoms with Crippen LogP contribution in [0.4, 0.5) is 0 Å². The quantitative estimate of drug-likeness (QED) is 0.0878. The molecule has 2 aliphatic heterocycles. The summed E-state index contributed by atoms with van der Waals surface area (Å²) in [5.41, 5.74) is 20.9. The molecule has 2 aliphatic rings. The van der Waals surface area contributed by atoms with Gasteiger partial charge in [-0.1, -0.05) is 94.4 Å². The highest BCUT2D eigenvalue weighted by Gasteiger charge is 2.36. The van der Waals surface area contributed by atoms with Crippen LogP contribution < -0.4 is 11.5 Å². The molecule has 2 amide bonds. The highest BCUT2D eigenvalue weighted by molar-refractivity contribution is 8.76. The van der Waals surface area contributed by atoms with Gasteiger partial charge in [0.1, 0.15) is 11.4 Å². The SMILES string of the molecule is Cl.N[C@@H](CSSC[C@H](N)C(=O)N1CCn2nc(-c3ccccn3)cc2C1CCc1ccccc1)C(=O)N1CCn2nc(-c3ccccn3)cc2C1CCc1ccccc1. The van der Waals surface area contributed by atoms with E-state index in [9.17, 15) is 9.59 Å². The van der Waals surface area contributed by atoms with E-state index in [4.69, 9.17) is 21.7 Å². The molecule has 6 heterocycles. The van der Waals surface area contributed by atoms with E-state index in [1.165, 1.54) is 32.7 Å². The Bertz CT molecular complexity index is 2120. The summed E-state index contributed by atoms with van der Waals surface area (Å²) in [7, 11) is 2.98. The fraction of sp³-hybridized carbons (Fsp3) is 0.318. The van der Waals surface area contributed by atoms with Gasteiger partial charge < -0.3 is 21.3 Å². The Kier molecular flexibility index (Phi) is 14.2. The normalized spacial score (nSPS) is 17.1. The molecule has 4 atom stereocenters. The van der Waals surface area contributed by atoms with Crippen molar-refractivity contribution in [2.24, 2.45) is 11.5 Å². The first kappa shape index (κ1) is 42.1. The monoisotopic (exact) mass is 848 g/mol. The smallest absolute Gasteiger partial charge is 0.241 e. The summed E-state index contributed by atoms with van der Waals surface area (Å²) < 4.78 is 4.03. The minimum atomic E-state index is -0.716. The third-order valence-electron chi connectivity index (χ3n) is 10.9. The predicted molar refractivity (Wildman–Crippen MR) is 237 cm³/mol. The standard InChI is InChI=1S/C44H48N10O2S2.ClH/c45-33(43(55)51-23-25-53-41(27-37(49-53)35-15-7-9-21-47-35)39(51)19-17-31-11-3-1-4-12-31)29-57-58-30-34(46)44(56)52-24-26-54-42(28-38(50-54)36-16-8-10-22-48-36)40(52)20-18-32-13-5-2-6-14-32;/h1-16,21-22,27-28,33-34,39-40H,17-20,23-26,29-30,45-46H2;1H/t33-,34-,39?,40?;/m0./s1. The van der Waals surface area contributed by atoms with Crippen LogP contribution in [0.25, 0.3) is 22.8 Å². The van der Waals surface area contributed by atoms with Gasteiger partial charge in [-0.05, 0) is 73.2 Å². The van der Waals surface area contributed by atoms with Crippen molar-refractivity contribution in [1.82, 2.24) is 39.3 Å². The maximum atomic E-state index is 14.1. The van der Waals surface area contributed by atoms with Crippen molar-refractivity contribution < 1.29 is 9.59 Å². The number of hydrogen-bond donors (Lipinski definition) is 2. The number of fused-ring (bicyclic) bond motifs is 2. The number of nitrogens with two attached hydrogens (primary N) is 2. The van der Waals surface area contributed by atoms with E-state index >= 15 is 0 Å². The van der Waals surface area contributed by atoms with Crippen LogP contribution >= 0.6 is 34.0 Å². The molecule has 0 fully saturated rings. The highest BCUT2D eigenvalue weighted by atomic mass is 35.5. The average Bonchev–Trinajstić information content (AvgIpc) is 3.92. The van der Waals surface area contributed by atoms with Crippen LogP contribution in [-0.4, -0.2) is 87.8 Å². The predicted octanol–water partition coefficient (Wildman–Crippen LogP) is 6.39. The van der Waals surface area contributed by atoms with Crippen LogP contribution in [-0.2, 0) is 35.5 Å². The Hall–Kier alpha value is -4.99. The summed E-state index contributed by atoms with van der Waals surface area (Å²) in [5, 5.41) is 9.74. The molecule has 0 saturated heterocycles. The molecule has 4 N–H and O–H groups in total. The second kappa shape index (κ2) is 19.8. The molecule has 15 heteroatoms. The molecule has 0 radical (unpaired) electrons. The zero-order chi connectivity index (χ0) is 39.8. The maximum absolute atomic E-state index is 14.1. The number of aromatic nitrogens is 6. The topological polar surface area (TPSA) is 154 Å². The summed E-state index contributed by atoms with van der Waals surface area (Å²) >= 11 is 0. The molecule has 0 bridgehead atoms. The molecule has 0 spiro atoms. The number of nitrogens with zero attached hydrogens (tertiary/aromatic N) is 8. The summed E-state index contributed by atoms with van der Waals surface area (Å²) in [5.74, 6) is 0.608. The summed E-state index contributed by atoms with van der Waals surface area (Å²) in [6.07, 6.45) is 6.62. The lowest BCUT2D eigenvalue weighted by atomic mass is 9.99. The molecule has 306 valence electrons. The number of carbonyl (C=O) groups is 2. The molecule has 12 nitrogen and oxygen atoms in total. The van der Waals surface area contributed by atoms with Crippen LogP contribution in [0.3, 0.4) is 0 Å². The lowest BCUT2D eigenvalue weighted by Crippen LogP contribution is -2.50. The molecule has 59 heavy (non-hydrogen) atoms. The number of aryl methyl sites for hydroxylation is 2. The Morgan fingerprint density at radius 1 is 0.576 bits per heavy atom. The Labute approximate surface area is 359 Å². The first-order valence-electron chi connectivity index (χ1n) is 19.9. The molecule has 2 unspecified atom stereocenters. The third-order valence-corrected chi connectivity index (χ3v) is 13.4. The fourth-order valence-electron chi connectivity index (χ4n) is 7.91. The van der Waals surface area contributed by atoms with Crippen molar-refractivity contribution >= 4 is 45.8 Å². The van der Waals surface area contributed by atoms with E-state index in [-0.39, 0.29) is 36.3 Å². The number of benzene rings is 2. The number of carbonyl (C=O) groups excluding carboxylic acids is 2. The van der Waals surface area contributed by atoms with Crippen molar-refractivity contribution in [2.45, 2.75) is 62.9 Å². The van der Waals surface area contributed by atoms with Gasteiger partial charge in [-0.25, -0.2) is 0 Å². The van der Waals surface area contributed by atoms with Crippen molar-refractivity contribution in [3.8, 4) is 22.8 Å². The van der Waals surface area contributed by atoms with Gasteiger partial charge in [0.25, 0.3) is 0 Å². The molecule has 4 aromatic heterocycles. The van der Waals surface area contributed by atoms with Gasteiger partial charge >= 0.3 is 0 Å². The fourth-order valence-corrected chi connectivity index (χ4v) is 10.1. The maximum Gasteiger partial charge on any atom is 0.241 e. The summed E-state index contributed by atoms with van der Waals surface area (Å²) in [6.45, 7) is 2.19. The van der Waals surface area contributed by atoms with E-state index < -0.39 is 12.1 Å². The van der Waals surface area contributed by atoms with Gasteiger partial charge in [0.05, 0.1) is 60.0 Å². The number of amides is 2. The molecular weight excluding hydrogens is 800 g/mol. The zero-order valence-corrected chi connectivity index (χ0v) is 35.2. The van der Waals surface area contributed by atoms with Crippen LogP contribution in [0.5, 0.6) is 0 Å². The van der Waals surface area contributed by atoms with Crippen LogP contribution in [0.15, 0.2) is 122 Å². The number of halogens is 1. The minimum Gasteiger partial charge on any atom is -0.331 e. The third kappa shape index (κ3) is 9.90. The van der Waals surface area contributed by atoms with E-state index in [1.54, 1.807) is 12.4 Å². The van der Waals surface area contributed by atoms with Crippen LogP contribution in [0.2, 0.25) is 0 Å². The van der Waals surface area contributed by atoms with Crippen molar-refractivity contribution in [3.05, 3.63) is 144 Å². The summed E-state index contributed by atoms with van der Waals surface area (Å²) in [4.78, 5) is 41.0. The molecule has 8 rings (SSSR count). The molecule has 2 aromatic carbocycles. The first-order chi connectivity index (χ1) is 28.4. The van der Waals surface area contributed by atoms with Gasteiger partial charge in [-0.15, -0.1) is 12.4 Å². The molecular formula is C44H49ClN10O2S2. The highest BCUT2D eigenvalue weighted by Crippen LogP contribution is 2.35. The van der Waals surface area contributed by atoms with E-state index in [1.807, 2.05) is 92.0 Å². The van der Waals surface area contributed by atoms with Crippen molar-refractivity contribution in [1.29, 1.82) is 0 Å². The van der Waals surface area contributed by atoms with Gasteiger partial charge in [0, 0.05) is 37.0 Å². The van der Waals surface area contributed by atoms with E-state index in [0.29, 0.717) is 37.7 Å². The minimum absolute atomic E-state index is 0. The van der Waals surface area contributed by atoms with Crippen LogP contribution in [0, 0.1) is 0 Å². The van der Waals surface area contributed by atoms with Crippen molar-refractivity contribution in [2.75, 3.05) is 24.6 Å². The summed E-state index contributed by atoms with van der Waals surface area (Å²) in [6, 6.07) is 34.6. The number of rotatable bonds is 15. The number of hydrogen-bond acceptors (Lipinski definition) is 10. The van der Waals surface area contributed by atoms with Gasteiger partial charge in [-0.3, -0.25) is 28.9 Å². The van der Waals surface area contributed by atoms with Gasteiger partial charge in [-0.2, -0.15) is 10.2 Å². The second-order valence-corrected chi connectivity index (χ2v) is 17.3. The second-order valence-electron chi connectivity index (χ2n) is 14.7. The van der Waals surface area contributed by atoms with E-state index in [0.717, 1.165) is 59.8 Å². The molecule has 0 aliphatic carbocycles. The van der Waals surface area contributed by atoms with Crippen LogP contribution in [0.1, 0.15) is 47.4 Å².